The molecule has 0 aliphatic rings. The predicted octanol–water partition coefficient (Wildman–Crippen LogP) is 3.10. The van der Waals surface area contributed by atoms with Gasteiger partial charge in [-0.25, -0.2) is 0 Å². The van der Waals surface area contributed by atoms with Gasteiger partial charge in [-0.3, -0.25) is 14.9 Å². The van der Waals surface area contributed by atoms with Crippen molar-refractivity contribution in [3.8, 4) is 0 Å². The third-order valence-corrected chi connectivity index (χ3v) is 4.18. The van der Waals surface area contributed by atoms with Crippen LogP contribution in [0.4, 0.5) is 10.8 Å². The van der Waals surface area contributed by atoms with Gasteiger partial charge < -0.3 is 5.32 Å². The van der Waals surface area contributed by atoms with Crippen LogP contribution in [-0.2, 0) is 0 Å². The Hall–Kier alpha value is -2.58. The van der Waals surface area contributed by atoms with Gasteiger partial charge in [0.1, 0.15) is 5.51 Å². The van der Waals surface area contributed by atoms with Gasteiger partial charge in [-0.1, -0.05) is 23.5 Å². The Morgan fingerprint density at radius 1 is 1.00 bits per heavy atom. The highest BCUT2D eigenvalue weighted by Crippen LogP contribution is 2.16. The van der Waals surface area contributed by atoms with E-state index in [2.05, 4.69) is 20.8 Å². The van der Waals surface area contributed by atoms with E-state index in [0.29, 0.717) is 21.3 Å². The lowest BCUT2D eigenvalue weighted by Crippen LogP contribution is -2.14. The van der Waals surface area contributed by atoms with Crippen LogP contribution in [0.1, 0.15) is 20.0 Å². The Balaban J connectivity index is 1.72. The van der Waals surface area contributed by atoms with E-state index in [0.717, 1.165) is 0 Å². The highest BCUT2D eigenvalue weighted by molar-refractivity contribution is 7.13. The summed E-state index contributed by atoms with van der Waals surface area (Å²) in [5, 5.41) is 15.1. The van der Waals surface area contributed by atoms with Crippen molar-refractivity contribution < 1.29 is 9.59 Å². The summed E-state index contributed by atoms with van der Waals surface area (Å²) in [6.07, 6.45) is 0. The molecule has 0 saturated heterocycles. The van der Waals surface area contributed by atoms with E-state index in [-0.39, 0.29) is 11.8 Å². The zero-order valence-corrected chi connectivity index (χ0v) is 12.8. The van der Waals surface area contributed by atoms with Crippen LogP contribution in [0.5, 0.6) is 0 Å². The average Bonchev–Trinajstić information content (AvgIpc) is 3.21. The molecule has 1 aromatic carbocycles. The monoisotopic (exact) mass is 330 g/mol. The number of aromatic nitrogens is 2. The van der Waals surface area contributed by atoms with Gasteiger partial charge in [0.15, 0.2) is 0 Å². The maximum Gasteiger partial charge on any atom is 0.265 e. The largest absolute Gasteiger partial charge is 0.321 e. The van der Waals surface area contributed by atoms with Crippen LogP contribution in [0, 0.1) is 0 Å². The smallest absolute Gasteiger partial charge is 0.265 e. The van der Waals surface area contributed by atoms with E-state index >= 15 is 0 Å². The zero-order chi connectivity index (χ0) is 15.4. The van der Waals surface area contributed by atoms with Gasteiger partial charge in [0.05, 0.1) is 4.88 Å². The fourth-order valence-corrected chi connectivity index (χ4v) is 2.79. The highest BCUT2D eigenvalue weighted by atomic mass is 32.1. The second-order valence-corrected chi connectivity index (χ2v) is 5.99. The number of nitrogens with one attached hydrogen (secondary N) is 2. The van der Waals surface area contributed by atoms with Crippen LogP contribution in [-0.4, -0.2) is 22.0 Å². The molecule has 0 aliphatic carbocycles. The van der Waals surface area contributed by atoms with Gasteiger partial charge in [0, 0.05) is 11.3 Å². The molecule has 110 valence electrons. The predicted molar refractivity (Wildman–Crippen MR) is 86.6 cm³/mol. The van der Waals surface area contributed by atoms with Crippen molar-refractivity contribution in [3.05, 3.63) is 57.7 Å². The molecule has 3 aromatic rings. The quantitative estimate of drug-likeness (QED) is 0.770. The maximum atomic E-state index is 12.1. The number of thiophene rings is 1. The molecule has 2 N–H and O–H groups in total. The molecular formula is C14H10N4O2S2. The second kappa shape index (κ2) is 6.46. The normalized spacial score (nSPS) is 10.2. The first-order valence-electron chi connectivity index (χ1n) is 6.25. The van der Waals surface area contributed by atoms with Crippen molar-refractivity contribution >= 4 is 45.3 Å². The number of anilines is 2. The number of carbonyl (C=O) groups is 2. The molecule has 2 amide bonds. The van der Waals surface area contributed by atoms with Gasteiger partial charge in [0.25, 0.3) is 11.8 Å². The van der Waals surface area contributed by atoms with Crippen LogP contribution in [0.2, 0.25) is 0 Å². The molecule has 0 saturated carbocycles. The van der Waals surface area contributed by atoms with E-state index in [1.165, 1.54) is 28.2 Å². The van der Waals surface area contributed by atoms with Gasteiger partial charge in [0.2, 0.25) is 5.13 Å². The summed E-state index contributed by atoms with van der Waals surface area (Å²) in [5.41, 5.74) is 2.52. The molecule has 0 aliphatic heterocycles. The molecule has 3 rings (SSSR count). The summed E-state index contributed by atoms with van der Waals surface area (Å²) in [4.78, 5) is 24.7. The first-order valence-corrected chi connectivity index (χ1v) is 8.01. The minimum absolute atomic E-state index is 0.198. The van der Waals surface area contributed by atoms with E-state index in [1.54, 1.807) is 30.3 Å². The maximum absolute atomic E-state index is 12.1. The molecule has 0 fully saturated rings. The lowest BCUT2D eigenvalue weighted by Gasteiger charge is -2.06. The van der Waals surface area contributed by atoms with E-state index in [9.17, 15) is 9.59 Å². The van der Waals surface area contributed by atoms with E-state index in [1.807, 2.05) is 11.4 Å². The first kappa shape index (κ1) is 14.4. The number of carbonyl (C=O) groups excluding carboxylic acids is 2. The Morgan fingerprint density at radius 2 is 1.91 bits per heavy atom. The average molecular weight is 330 g/mol. The van der Waals surface area contributed by atoms with Crippen LogP contribution in [0.15, 0.2) is 47.3 Å². The molecule has 2 heterocycles. The van der Waals surface area contributed by atoms with Crippen LogP contribution >= 0.6 is 22.7 Å². The number of hydrogen-bond acceptors (Lipinski definition) is 6. The molecule has 0 atom stereocenters. The van der Waals surface area contributed by atoms with Crippen LogP contribution in [0.25, 0.3) is 0 Å². The SMILES string of the molecule is O=C(Nc1nncs1)c1cccc(NC(=O)c2cccs2)c1. The Bertz CT molecular complexity index is 785. The number of rotatable bonds is 4. The van der Waals surface area contributed by atoms with Crippen molar-refractivity contribution in [2.24, 2.45) is 0 Å². The minimum atomic E-state index is -0.302. The van der Waals surface area contributed by atoms with Crippen LogP contribution < -0.4 is 10.6 Å². The fourth-order valence-electron chi connectivity index (χ4n) is 1.74. The minimum Gasteiger partial charge on any atom is -0.321 e. The van der Waals surface area contributed by atoms with E-state index in [4.69, 9.17) is 0 Å². The summed E-state index contributed by atoms with van der Waals surface area (Å²) in [5.74, 6) is -0.499. The number of amides is 2. The van der Waals surface area contributed by atoms with Gasteiger partial charge in [-0.15, -0.1) is 21.5 Å². The lowest BCUT2D eigenvalue weighted by molar-refractivity contribution is 0.101. The number of hydrogen-bond donors (Lipinski definition) is 2. The summed E-state index contributed by atoms with van der Waals surface area (Å²) in [6.45, 7) is 0. The molecule has 0 radical (unpaired) electrons. The van der Waals surface area contributed by atoms with E-state index < -0.39 is 0 Å². The van der Waals surface area contributed by atoms with Crippen LogP contribution in [0.3, 0.4) is 0 Å². The topological polar surface area (TPSA) is 84.0 Å². The first-order chi connectivity index (χ1) is 10.7. The van der Waals surface area contributed by atoms with Crippen molar-refractivity contribution in [3.63, 3.8) is 0 Å². The number of benzene rings is 1. The summed E-state index contributed by atoms with van der Waals surface area (Å²) < 4.78 is 0. The third-order valence-electron chi connectivity index (χ3n) is 2.71. The molecule has 0 unspecified atom stereocenters. The Morgan fingerprint density at radius 3 is 2.64 bits per heavy atom. The van der Waals surface area contributed by atoms with Crippen molar-refractivity contribution in [2.75, 3.05) is 10.6 Å². The lowest BCUT2D eigenvalue weighted by atomic mass is 10.2. The van der Waals surface area contributed by atoms with Crippen molar-refractivity contribution in [1.29, 1.82) is 0 Å². The third kappa shape index (κ3) is 3.35. The molecule has 0 spiro atoms. The standard InChI is InChI=1S/C14H10N4O2S2/c19-12(17-14-18-15-8-22-14)9-3-1-4-10(7-9)16-13(20)11-5-2-6-21-11/h1-8H,(H,16,20)(H,17,18,19). The second-order valence-electron chi connectivity index (χ2n) is 4.21. The van der Waals surface area contributed by atoms with Crippen molar-refractivity contribution in [2.45, 2.75) is 0 Å². The highest BCUT2D eigenvalue weighted by Gasteiger charge is 2.11. The summed E-state index contributed by atoms with van der Waals surface area (Å²) in [6, 6.07) is 10.3. The molecule has 8 heteroatoms. The fraction of sp³-hybridized carbons (Fsp3) is 0. The van der Waals surface area contributed by atoms with Crippen molar-refractivity contribution in [1.82, 2.24) is 10.2 Å². The van der Waals surface area contributed by atoms with Gasteiger partial charge >= 0.3 is 0 Å². The Labute approximate surface area is 133 Å². The van der Waals surface area contributed by atoms with Gasteiger partial charge in [-0.05, 0) is 29.6 Å². The molecule has 2 aromatic heterocycles. The molecular weight excluding hydrogens is 320 g/mol. The van der Waals surface area contributed by atoms with Gasteiger partial charge in [-0.2, -0.15) is 0 Å². The molecule has 0 bridgehead atoms. The zero-order valence-electron chi connectivity index (χ0n) is 11.1. The molecule has 22 heavy (non-hydrogen) atoms. The summed E-state index contributed by atoms with van der Waals surface area (Å²) in [7, 11) is 0. The Kier molecular flexibility index (Phi) is 4.22. The summed E-state index contributed by atoms with van der Waals surface area (Å²) >= 11 is 2.59. The number of nitrogens with zero attached hydrogens (tertiary/aromatic N) is 2. The molecule has 6 nitrogen and oxygen atoms in total.